The van der Waals surface area contributed by atoms with Gasteiger partial charge >= 0.3 is 0 Å². The van der Waals surface area contributed by atoms with Crippen LogP contribution in [0, 0.1) is 5.82 Å². The molecule has 0 aliphatic carbocycles. The summed E-state index contributed by atoms with van der Waals surface area (Å²) in [5.41, 5.74) is 1.78. The summed E-state index contributed by atoms with van der Waals surface area (Å²) in [6.45, 7) is 0.663. The minimum absolute atomic E-state index is 0.176. The Kier molecular flexibility index (Phi) is 5.76. The lowest BCUT2D eigenvalue weighted by Gasteiger charge is -2.07. The minimum Gasteiger partial charge on any atom is -0.368 e. The maximum absolute atomic E-state index is 12.9. The van der Waals surface area contributed by atoms with Crippen molar-refractivity contribution in [1.29, 1.82) is 0 Å². The van der Waals surface area contributed by atoms with E-state index in [1.807, 2.05) is 24.3 Å². The van der Waals surface area contributed by atoms with Crippen LogP contribution in [0.1, 0.15) is 16.1 Å². The Balaban J connectivity index is 1.52. The second-order valence-corrected chi connectivity index (χ2v) is 5.99. The van der Waals surface area contributed by atoms with Crippen LogP contribution < -0.4 is 10.6 Å². The SMILES string of the molecule is O=C(Nc1ccc(F)cc1)c1cnc(NCCc2cccc(Cl)c2)cn1. The first-order valence-corrected chi connectivity index (χ1v) is 8.35. The van der Waals surface area contributed by atoms with Crippen molar-refractivity contribution >= 4 is 29.0 Å². The van der Waals surface area contributed by atoms with Gasteiger partial charge in [0.25, 0.3) is 5.91 Å². The Morgan fingerprint density at radius 3 is 2.58 bits per heavy atom. The lowest BCUT2D eigenvalue weighted by Crippen LogP contribution is -2.15. The van der Waals surface area contributed by atoms with Gasteiger partial charge in [-0.1, -0.05) is 23.7 Å². The van der Waals surface area contributed by atoms with E-state index >= 15 is 0 Å². The van der Waals surface area contributed by atoms with Gasteiger partial charge in [-0.05, 0) is 48.4 Å². The van der Waals surface area contributed by atoms with Crippen LogP contribution in [0.5, 0.6) is 0 Å². The highest BCUT2D eigenvalue weighted by molar-refractivity contribution is 6.30. The first kappa shape index (κ1) is 17.8. The van der Waals surface area contributed by atoms with Crippen LogP contribution in [0.3, 0.4) is 0 Å². The standard InChI is InChI=1S/C19H16ClFN4O/c20-14-3-1-2-13(10-14)8-9-22-18-12-23-17(11-24-18)19(26)25-16-6-4-15(21)5-7-16/h1-7,10-12H,8-9H2,(H,22,24)(H,25,26). The zero-order chi connectivity index (χ0) is 18.4. The smallest absolute Gasteiger partial charge is 0.275 e. The number of nitrogens with one attached hydrogen (secondary N) is 2. The molecular weight excluding hydrogens is 355 g/mol. The van der Waals surface area contributed by atoms with Crippen molar-refractivity contribution in [2.45, 2.75) is 6.42 Å². The molecule has 5 nitrogen and oxygen atoms in total. The van der Waals surface area contributed by atoms with Gasteiger partial charge in [0.2, 0.25) is 0 Å². The molecule has 0 fully saturated rings. The monoisotopic (exact) mass is 370 g/mol. The van der Waals surface area contributed by atoms with Crippen LogP contribution in [0.2, 0.25) is 5.02 Å². The highest BCUT2D eigenvalue weighted by atomic mass is 35.5. The van der Waals surface area contributed by atoms with Gasteiger partial charge in [-0.3, -0.25) is 4.79 Å². The van der Waals surface area contributed by atoms with Gasteiger partial charge in [0.15, 0.2) is 0 Å². The van der Waals surface area contributed by atoms with Crippen molar-refractivity contribution in [2.75, 3.05) is 17.2 Å². The van der Waals surface area contributed by atoms with Gasteiger partial charge < -0.3 is 10.6 Å². The molecule has 1 aromatic heterocycles. The summed E-state index contributed by atoms with van der Waals surface area (Å²) in [5.74, 6) is -0.198. The quantitative estimate of drug-likeness (QED) is 0.683. The molecule has 3 aromatic rings. The molecule has 0 radical (unpaired) electrons. The molecule has 7 heteroatoms. The Morgan fingerprint density at radius 1 is 1.08 bits per heavy atom. The van der Waals surface area contributed by atoms with Crippen LogP contribution in [-0.4, -0.2) is 22.4 Å². The second kappa shape index (κ2) is 8.40. The number of carbonyl (C=O) groups is 1. The maximum atomic E-state index is 12.9. The van der Waals surface area contributed by atoms with Crippen molar-refractivity contribution in [1.82, 2.24) is 9.97 Å². The molecule has 0 spiro atoms. The van der Waals surface area contributed by atoms with Crippen molar-refractivity contribution in [3.8, 4) is 0 Å². The largest absolute Gasteiger partial charge is 0.368 e. The molecule has 3 rings (SSSR count). The zero-order valence-electron chi connectivity index (χ0n) is 13.7. The van der Waals surface area contributed by atoms with Gasteiger partial charge in [-0.2, -0.15) is 0 Å². The average molecular weight is 371 g/mol. The number of rotatable bonds is 6. The molecule has 0 aliphatic rings. The number of hydrogen-bond acceptors (Lipinski definition) is 4. The van der Waals surface area contributed by atoms with Gasteiger partial charge in [0.05, 0.1) is 12.4 Å². The van der Waals surface area contributed by atoms with Gasteiger partial charge in [0.1, 0.15) is 17.3 Å². The number of anilines is 2. The first-order valence-electron chi connectivity index (χ1n) is 7.97. The molecular formula is C19H16ClFN4O. The van der Waals surface area contributed by atoms with Crippen LogP contribution in [-0.2, 0) is 6.42 Å². The summed E-state index contributed by atoms with van der Waals surface area (Å²) in [5, 5.41) is 6.49. The molecule has 132 valence electrons. The molecule has 0 saturated heterocycles. The Bertz CT molecular complexity index is 885. The van der Waals surface area contributed by atoms with Gasteiger partial charge in [0, 0.05) is 17.3 Å². The molecule has 2 N–H and O–H groups in total. The number of nitrogens with zero attached hydrogens (tertiary/aromatic N) is 2. The minimum atomic E-state index is -0.408. The molecule has 26 heavy (non-hydrogen) atoms. The zero-order valence-corrected chi connectivity index (χ0v) is 14.5. The highest BCUT2D eigenvalue weighted by Crippen LogP contribution is 2.12. The van der Waals surface area contributed by atoms with E-state index < -0.39 is 5.91 Å². The fourth-order valence-electron chi connectivity index (χ4n) is 2.29. The van der Waals surface area contributed by atoms with E-state index in [0.29, 0.717) is 23.1 Å². The van der Waals surface area contributed by atoms with E-state index in [4.69, 9.17) is 11.6 Å². The summed E-state index contributed by atoms with van der Waals surface area (Å²) in [7, 11) is 0. The third-order valence-corrected chi connectivity index (χ3v) is 3.83. The molecule has 2 aromatic carbocycles. The third kappa shape index (κ3) is 5.00. The Labute approximate surface area is 155 Å². The first-order chi connectivity index (χ1) is 12.6. The summed E-state index contributed by atoms with van der Waals surface area (Å²) >= 11 is 5.95. The lowest BCUT2D eigenvalue weighted by atomic mass is 10.1. The highest BCUT2D eigenvalue weighted by Gasteiger charge is 2.08. The number of halogens is 2. The van der Waals surface area contributed by atoms with Crippen molar-refractivity contribution in [2.24, 2.45) is 0 Å². The van der Waals surface area contributed by atoms with E-state index in [2.05, 4.69) is 20.6 Å². The summed E-state index contributed by atoms with van der Waals surface area (Å²) < 4.78 is 12.9. The van der Waals surface area contributed by atoms with Crippen molar-refractivity contribution in [3.63, 3.8) is 0 Å². The van der Waals surface area contributed by atoms with Gasteiger partial charge in [-0.15, -0.1) is 0 Å². The van der Waals surface area contributed by atoms with Crippen molar-refractivity contribution < 1.29 is 9.18 Å². The third-order valence-electron chi connectivity index (χ3n) is 3.60. The Morgan fingerprint density at radius 2 is 1.88 bits per heavy atom. The summed E-state index contributed by atoms with van der Waals surface area (Å²) in [6, 6.07) is 13.2. The van der Waals surface area contributed by atoms with E-state index in [0.717, 1.165) is 12.0 Å². The number of amides is 1. The summed E-state index contributed by atoms with van der Waals surface area (Å²) in [4.78, 5) is 20.4. The lowest BCUT2D eigenvalue weighted by molar-refractivity contribution is 0.102. The second-order valence-electron chi connectivity index (χ2n) is 5.55. The fourth-order valence-corrected chi connectivity index (χ4v) is 2.51. The molecule has 0 unspecified atom stereocenters. The number of carbonyl (C=O) groups excluding carboxylic acids is 1. The predicted octanol–water partition coefficient (Wildman–Crippen LogP) is 4.18. The predicted molar refractivity (Wildman–Crippen MR) is 100 cm³/mol. The summed E-state index contributed by atoms with van der Waals surface area (Å²) in [6.07, 6.45) is 3.67. The van der Waals surface area contributed by atoms with Crippen molar-refractivity contribution in [3.05, 3.63) is 83.0 Å². The topological polar surface area (TPSA) is 66.9 Å². The number of aromatic nitrogens is 2. The van der Waals surface area contributed by atoms with Gasteiger partial charge in [-0.25, -0.2) is 14.4 Å². The van der Waals surface area contributed by atoms with E-state index in [-0.39, 0.29) is 11.5 Å². The van der Waals surface area contributed by atoms with Crippen LogP contribution in [0.4, 0.5) is 15.9 Å². The van der Waals surface area contributed by atoms with E-state index in [1.165, 1.54) is 36.7 Å². The van der Waals surface area contributed by atoms with Crippen LogP contribution >= 0.6 is 11.6 Å². The van der Waals surface area contributed by atoms with Crippen LogP contribution in [0.15, 0.2) is 60.9 Å². The molecule has 0 saturated carbocycles. The molecule has 1 heterocycles. The molecule has 0 atom stereocenters. The molecule has 0 aliphatic heterocycles. The normalized spacial score (nSPS) is 10.4. The van der Waals surface area contributed by atoms with E-state index in [1.54, 1.807) is 0 Å². The number of hydrogen-bond donors (Lipinski definition) is 2. The maximum Gasteiger partial charge on any atom is 0.275 e. The fraction of sp³-hybridized carbons (Fsp3) is 0.105. The van der Waals surface area contributed by atoms with Crippen LogP contribution in [0.25, 0.3) is 0 Å². The molecule has 0 bridgehead atoms. The Hall–Kier alpha value is -2.99. The number of benzene rings is 2. The van der Waals surface area contributed by atoms with E-state index in [9.17, 15) is 9.18 Å². The average Bonchev–Trinajstić information content (AvgIpc) is 2.64. The molecule has 1 amide bonds.